The summed E-state index contributed by atoms with van der Waals surface area (Å²) >= 11 is 1.64. The fourth-order valence-electron chi connectivity index (χ4n) is 4.32. The monoisotopic (exact) mass is 418 g/mol. The molecule has 0 bridgehead atoms. The minimum absolute atomic E-state index is 0.0241. The highest BCUT2D eigenvalue weighted by Crippen LogP contribution is 2.34. The summed E-state index contributed by atoms with van der Waals surface area (Å²) in [5.74, 6) is -0.0241. The molecule has 0 N–H and O–H groups in total. The number of sulfonamides is 1. The van der Waals surface area contributed by atoms with Gasteiger partial charge in [-0.25, -0.2) is 8.42 Å². The van der Waals surface area contributed by atoms with Crippen LogP contribution in [0, 0.1) is 0 Å². The molecule has 150 valence electrons. The first-order valence-electron chi connectivity index (χ1n) is 9.93. The maximum absolute atomic E-state index is 13.0. The minimum atomic E-state index is -3.51. The average molecular weight is 419 g/mol. The zero-order valence-electron chi connectivity index (χ0n) is 16.1. The maximum Gasteiger partial charge on any atom is 0.254 e. The van der Waals surface area contributed by atoms with Gasteiger partial charge in [-0.05, 0) is 79.3 Å². The zero-order chi connectivity index (χ0) is 19.7. The Morgan fingerprint density at radius 1 is 1.04 bits per heavy atom. The average Bonchev–Trinajstić information content (AvgIpc) is 3.39. The molecule has 5 nitrogen and oxygen atoms in total. The summed E-state index contributed by atoms with van der Waals surface area (Å²) in [6.45, 7) is 3.28. The predicted octanol–water partition coefficient (Wildman–Crippen LogP) is 4.29. The molecule has 28 heavy (non-hydrogen) atoms. The lowest BCUT2D eigenvalue weighted by atomic mass is 10.1. The predicted molar refractivity (Wildman–Crippen MR) is 111 cm³/mol. The van der Waals surface area contributed by atoms with Crippen molar-refractivity contribution in [3.8, 4) is 0 Å². The van der Waals surface area contributed by atoms with Crippen LogP contribution < -0.4 is 0 Å². The fourth-order valence-corrected chi connectivity index (χ4v) is 6.73. The molecule has 1 amide bonds. The molecule has 0 aliphatic carbocycles. The molecule has 2 unspecified atom stereocenters. The maximum atomic E-state index is 13.0. The molecule has 2 saturated heterocycles. The molecule has 3 heterocycles. The largest absolute Gasteiger partial charge is 0.332 e. The number of thiophene rings is 1. The van der Waals surface area contributed by atoms with Gasteiger partial charge in [-0.15, -0.1) is 0 Å². The Morgan fingerprint density at radius 3 is 2.50 bits per heavy atom. The van der Waals surface area contributed by atoms with Crippen molar-refractivity contribution in [2.75, 3.05) is 13.1 Å². The van der Waals surface area contributed by atoms with Gasteiger partial charge < -0.3 is 4.90 Å². The Kier molecular flexibility index (Phi) is 5.58. The van der Waals surface area contributed by atoms with Gasteiger partial charge in [0.05, 0.1) is 10.9 Å². The normalized spacial score (nSPS) is 23.8. The number of benzene rings is 1. The Labute approximate surface area is 171 Å². The van der Waals surface area contributed by atoms with Gasteiger partial charge in [-0.3, -0.25) is 4.79 Å². The van der Waals surface area contributed by atoms with Crippen molar-refractivity contribution in [1.82, 2.24) is 9.21 Å². The van der Waals surface area contributed by atoms with Gasteiger partial charge in [-0.1, -0.05) is 6.42 Å². The second-order valence-electron chi connectivity index (χ2n) is 7.70. The van der Waals surface area contributed by atoms with E-state index < -0.39 is 10.0 Å². The Bertz CT molecular complexity index is 923. The molecule has 2 aliphatic heterocycles. The van der Waals surface area contributed by atoms with E-state index in [1.54, 1.807) is 39.9 Å². The summed E-state index contributed by atoms with van der Waals surface area (Å²) in [6, 6.07) is 8.71. The van der Waals surface area contributed by atoms with Crippen LogP contribution in [0.15, 0.2) is 46.0 Å². The van der Waals surface area contributed by atoms with Crippen molar-refractivity contribution < 1.29 is 13.2 Å². The van der Waals surface area contributed by atoms with Gasteiger partial charge in [0.15, 0.2) is 0 Å². The summed E-state index contributed by atoms with van der Waals surface area (Å²) < 4.78 is 27.5. The standard InChI is InChI=1S/C21H26N2O3S2/c1-16-5-2-3-13-23(16)28(25,26)19-9-7-17(8-10-19)21(24)22-12-4-6-20(22)18-11-14-27-15-18/h7-11,14-16,20H,2-6,12-13H2,1H3. The highest BCUT2D eigenvalue weighted by atomic mass is 32.2. The number of piperidine rings is 1. The second kappa shape index (κ2) is 7.97. The molecule has 0 radical (unpaired) electrons. The van der Waals surface area contributed by atoms with Crippen molar-refractivity contribution in [2.45, 2.75) is 56.0 Å². The van der Waals surface area contributed by atoms with E-state index in [9.17, 15) is 13.2 Å². The highest BCUT2D eigenvalue weighted by Gasteiger charge is 2.33. The molecule has 1 aromatic heterocycles. The van der Waals surface area contributed by atoms with Gasteiger partial charge in [0, 0.05) is 24.7 Å². The van der Waals surface area contributed by atoms with E-state index in [0.29, 0.717) is 12.1 Å². The smallest absolute Gasteiger partial charge is 0.254 e. The van der Waals surface area contributed by atoms with E-state index in [2.05, 4.69) is 11.4 Å². The number of nitrogens with zero attached hydrogens (tertiary/aromatic N) is 2. The second-order valence-corrected chi connectivity index (χ2v) is 10.4. The summed E-state index contributed by atoms with van der Waals surface area (Å²) in [5.41, 5.74) is 1.74. The van der Waals surface area contributed by atoms with Gasteiger partial charge in [0.25, 0.3) is 5.91 Å². The molecule has 2 aromatic rings. The van der Waals surface area contributed by atoms with Crippen LogP contribution in [0.4, 0.5) is 0 Å². The van der Waals surface area contributed by atoms with Crippen LogP contribution in [0.3, 0.4) is 0 Å². The third-order valence-corrected chi connectivity index (χ3v) is 8.62. The topological polar surface area (TPSA) is 57.7 Å². The van der Waals surface area contributed by atoms with Crippen LogP contribution in [0.1, 0.15) is 61.0 Å². The van der Waals surface area contributed by atoms with Crippen LogP contribution in [0.5, 0.6) is 0 Å². The molecule has 2 aliphatic rings. The molecule has 2 fully saturated rings. The summed E-state index contributed by atoms with van der Waals surface area (Å²) in [7, 11) is -3.51. The van der Waals surface area contributed by atoms with Crippen LogP contribution in [0.2, 0.25) is 0 Å². The molecule has 4 rings (SSSR count). The van der Waals surface area contributed by atoms with Crippen LogP contribution >= 0.6 is 11.3 Å². The first-order valence-corrected chi connectivity index (χ1v) is 12.3. The van der Waals surface area contributed by atoms with E-state index in [1.165, 1.54) is 5.56 Å². The number of carbonyl (C=O) groups excluding carboxylic acids is 1. The first-order chi connectivity index (χ1) is 13.5. The lowest BCUT2D eigenvalue weighted by molar-refractivity contribution is 0.0736. The molecule has 1 aromatic carbocycles. The van der Waals surface area contributed by atoms with E-state index in [1.807, 2.05) is 17.2 Å². The summed E-state index contributed by atoms with van der Waals surface area (Å²) in [5, 5.41) is 4.14. The third-order valence-electron chi connectivity index (χ3n) is 5.89. The molecular weight excluding hydrogens is 392 g/mol. The number of hydrogen-bond acceptors (Lipinski definition) is 4. The number of amides is 1. The fraction of sp³-hybridized carbons (Fsp3) is 0.476. The van der Waals surface area contributed by atoms with Gasteiger partial charge in [0.1, 0.15) is 0 Å². The van der Waals surface area contributed by atoms with Crippen molar-refractivity contribution >= 4 is 27.3 Å². The molecular formula is C21H26N2O3S2. The lowest BCUT2D eigenvalue weighted by Crippen LogP contribution is -2.41. The van der Waals surface area contributed by atoms with Crippen molar-refractivity contribution in [3.63, 3.8) is 0 Å². The SMILES string of the molecule is CC1CCCCN1S(=O)(=O)c1ccc(C(=O)N2CCCC2c2ccsc2)cc1. The highest BCUT2D eigenvalue weighted by molar-refractivity contribution is 7.89. The third kappa shape index (κ3) is 3.63. The van der Waals surface area contributed by atoms with E-state index in [4.69, 9.17) is 0 Å². The zero-order valence-corrected chi connectivity index (χ0v) is 17.7. The Hall–Kier alpha value is -1.70. The van der Waals surface area contributed by atoms with Crippen LogP contribution in [0.25, 0.3) is 0 Å². The number of hydrogen-bond donors (Lipinski definition) is 0. The van der Waals surface area contributed by atoms with Gasteiger partial charge in [-0.2, -0.15) is 15.6 Å². The van der Waals surface area contributed by atoms with Crippen molar-refractivity contribution in [3.05, 3.63) is 52.2 Å². The van der Waals surface area contributed by atoms with Crippen molar-refractivity contribution in [2.24, 2.45) is 0 Å². The quantitative estimate of drug-likeness (QED) is 0.744. The molecule has 2 atom stereocenters. The molecule has 0 spiro atoms. The molecule has 0 saturated carbocycles. The van der Waals surface area contributed by atoms with Crippen molar-refractivity contribution in [1.29, 1.82) is 0 Å². The van der Waals surface area contributed by atoms with Gasteiger partial charge in [0.2, 0.25) is 10.0 Å². The first kappa shape index (κ1) is 19.6. The van der Waals surface area contributed by atoms with E-state index in [0.717, 1.165) is 38.6 Å². The van der Waals surface area contributed by atoms with E-state index in [-0.39, 0.29) is 22.9 Å². The summed E-state index contributed by atoms with van der Waals surface area (Å²) in [4.78, 5) is 15.2. The van der Waals surface area contributed by atoms with Crippen LogP contribution in [-0.2, 0) is 10.0 Å². The molecule has 7 heteroatoms. The number of carbonyl (C=O) groups is 1. The summed E-state index contributed by atoms with van der Waals surface area (Å²) in [6.07, 6.45) is 4.84. The Morgan fingerprint density at radius 2 is 1.82 bits per heavy atom. The lowest BCUT2D eigenvalue weighted by Gasteiger charge is -2.32. The number of likely N-dealkylation sites (tertiary alicyclic amines) is 1. The van der Waals surface area contributed by atoms with Crippen LogP contribution in [-0.4, -0.2) is 42.7 Å². The van der Waals surface area contributed by atoms with E-state index >= 15 is 0 Å². The van der Waals surface area contributed by atoms with Gasteiger partial charge >= 0.3 is 0 Å². The number of rotatable bonds is 4. The minimum Gasteiger partial charge on any atom is -0.332 e. The Balaban J connectivity index is 1.53.